The maximum Gasteiger partial charge on any atom is 0.132 e. The van der Waals surface area contributed by atoms with E-state index in [1.807, 2.05) is 18.3 Å². The molecule has 0 bridgehead atoms. The van der Waals surface area contributed by atoms with Crippen molar-refractivity contribution in [2.24, 2.45) is 5.92 Å². The molecule has 0 spiro atoms. The molecule has 1 aliphatic rings. The molecule has 21 heavy (non-hydrogen) atoms. The van der Waals surface area contributed by atoms with Crippen molar-refractivity contribution >= 4 is 0 Å². The number of benzene rings is 1. The zero-order valence-electron chi connectivity index (χ0n) is 12.8. The predicted octanol–water partition coefficient (Wildman–Crippen LogP) is 5.22. The van der Waals surface area contributed by atoms with Gasteiger partial charge in [0.05, 0.1) is 5.69 Å². The first kappa shape index (κ1) is 14.2. The van der Waals surface area contributed by atoms with Gasteiger partial charge in [-0.2, -0.15) is 0 Å². The molecule has 0 N–H and O–H groups in total. The summed E-state index contributed by atoms with van der Waals surface area (Å²) in [5.41, 5.74) is 2.23. The Hall–Kier alpha value is -1.70. The fraction of sp³-hybridized carbons (Fsp3) is 0.474. The Labute approximate surface area is 127 Å². The molecule has 1 heterocycles. The van der Waals surface area contributed by atoms with Crippen molar-refractivity contribution in [2.45, 2.75) is 51.4 Å². The lowest BCUT2D eigenvalue weighted by Gasteiger charge is -2.27. The summed E-state index contributed by atoms with van der Waals surface area (Å²) in [6, 6.07) is 12.4. The van der Waals surface area contributed by atoms with E-state index in [1.54, 1.807) is 0 Å². The topological polar surface area (TPSA) is 25.8 Å². The minimum Gasteiger partial charge on any atom is -0.241 e. The fourth-order valence-corrected chi connectivity index (χ4v) is 3.46. The van der Waals surface area contributed by atoms with Crippen LogP contribution < -0.4 is 0 Å². The molecule has 0 radical (unpaired) electrons. The first-order valence-electron chi connectivity index (χ1n) is 8.25. The highest BCUT2D eigenvalue weighted by Gasteiger charge is 2.23. The molecule has 3 rings (SSSR count). The summed E-state index contributed by atoms with van der Waals surface area (Å²) in [7, 11) is 0. The SMILES string of the molecule is CCC[C@H]1CC[C@H](c2nccc(-c3ccccc3)n2)CC1. The monoisotopic (exact) mass is 280 g/mol. The molecule has 2 nitrogen and oxygen atoms in total. The summed E-state index contributed by atoms with van der Waals surface area (Å²) in [4.78, 5) is 9.38. The van der Waals surface area contributed by atoms with E-state index in [2.05, 4.69) is 36.2 Å². The van der Waals surface area contributed by atoms with Gasteiger partial charge in [-0.05, 0) is 37.7 Å². The van der Waals surface area contributed by atoms with Crippen LogP contribution in [0, 0.1) is 5.92 Å². The molecular weight excluding hydrogens is 256 g/mol. The van der Waals surface area contributed by atoms with Crippen LogP contribution in [-0.4, -0.2) is 9.97 Å². The summed E-state index contributed by atoms with van der Waals surface area (Å²) in [5, 5.41) is 0. The minimum absolute atomic E-state index is 0.557. The van der Waals surface area contributed by atoms with Crippen LogP contribution in [-0.2, 0) is 0 Å². The lowest BCUT2D eigenvalue weighted by Crippen LogP contribution is -2.15. The van der Waals surface area contributed by atoms with Gasteiger partial charge in [-0.25, -0.2) is 9.97 Å². The standard InChI is InChI=1S/C19H24N2/c1-2-6-15-9-11-17(12-10-15)19-20-14-13-18(21-19)16-7-4-3-5-8-16/h3-5,7-8,13-15,17H,2,6,9-12H2,1H3/t15-,17-. The molecule has 110 valence electrons. The summed E-state index contributed by atoms with van der Waals surface area (Å²) in [5.74, 6) is 2.54. The van der Waals surface area contributed by atoms with E-state index < -0.39 is 0 Å². The van der Waals surface area contributed by atoms with Gasteiger partial charge in [-0.1, -0.05) is 50.1 Å². The van der Waals surface area contributed by atoms with Crippen LogP contribution in [0.4, 0.5) is 0 Å². The van der Waals surface area contributed by atoms with Gasteiger partial charge in [0.25, 0.3) is 0 Å². The Morgan fingerprint density at radius 2 is 1.76 bits per heavy atom. The average Bonchev–Trinajstić information content (AvgIpc) is 2.57. The molecule has 1 aliphatic carbocycles. The van der Waals surface area contributed by atoms with Crippen molar-refractivity contribution in [3.63, 3.8) is 0 Å². The highest BCUT2D eigenvalue weighted by molar-refractivity contribution is 5.58. The van der Waals surface area contributed by atoms with Gasteiger partial charge < -0.3 is 0 Å². The quantitative estimate of drug-likeness (QED) is 0.767. The van der Waals surface area contributed by atoms with E-state index in [1.165, 1.54) is 44.1 Å². The number of nitrogens with zero attached hydrogens (tertiary/aromatic N) is 2. The molecule has 0 unspecified atom stereocenters. The first-order valence-corrected chi connectivity index (χ1v) is 8.25. The third kappa shape index (κ3) is 3.49. The van der Waals surface area contributed by atoms with Gasteiger partial charge in [0.2, 0.25) is 0 Å². The van der Waals surface area contributed by atoms with Gasteiger partial charge in [0.1, 0.15) is 5.82 Å². The van der Waals surface area contributed by atoms with Crippen LogP contribution in [0.3, 0.4) is 0 Å². The second-order valence-electron chi connectivity index (χ2n) is 6.17. The van der Waals surface area contributed by atoms with Gasteiger partial charge >= 0.3 is 0 Å². The average molecular weight is 280 g/mol. The van der Waals surface area contributed by atoms with E-state index in [9.17, 15) is 0 Å². The second kappa shape index (κ2) is 6.84. The lowest BCUT2D eigenvalue weighted by atomic mass is 9.80. The molecule has 2 heteroatoms. The van der Waals surface area contributed by atoms with E-state index in [4.69, 9.17) is 4.98 Å². The Morgan fingerprint density at radius 1 is 1.00 bits per heavy atom. The Bertz CT molecular complexity index is 557. The number of aromatic nitrogens is 2. The Balaban J connectivity index is 1.72. The third-order valence-corrected chi connectivity index (χ3v) is 4.65. The van der Waals surface area contributed by atoms with Crippen LogP contribution in [0.1, 0.15) is 57.2 Å². The molecule has 0 atom stereocenters. The van der Waals surface area contributed by atoms with Crippen molar-refractivity contribution in [1.82, 2.24) is 9.97 Å². The van der Waals surface area contributed by atoms with Gasteiger partial charge in [-0.3, -0.25) is 0 Å². The van der Waals surface area contributed by atoms with Crippen molar-refractivity contribution < 1.29 is 0 Å². The van der Waals surface area contributed by atoms with Crippen molar-refractivity contribution in [1.29, 1.82) is 0 Å². The molecule has 0 saturated heterocycles. The molecule has 1 fully saturated rings. The maximum atomic E-state index is 4.83. The summed E-state index contributed by atoms with van der Waals surface area (Å²) >= 11 is 0. The lowest BCUT2D eigenvalue weighted by molar-refractivity contribution is 0.302. The Morgan fingerprint density at radius 3 is 2.48 bits per heavy atom. The first-order chi connectivity index (χ1) is 10.4. The summed E-state index contributed by atoms with van der Waals surface area (Å²) < 4.78 is 0. The van der Waals surface area contributed by atoms with Crippen molar-refractivity contribution in [3.8, 4) is 11.3 Å². The van der Waals surface area contributed by atoms with Gasteiger partial charge in [0, 0.05) is 17.7 Å². The Kier molecular flexibility index (Phi) is 4.64. The van der Waals surface area contributed by atoms with E-state index in [-0.39, 0.29) is 0 Å². The molecule has 0 amide bonds. The molecule has 1 aromatic heterocycles. The number of hydrogen-bond acceptors (Lipinski definition) is 2. The molecule has 1 saturated carbocycles. The van der Waals surface area contributed by atoms with E-state index in [0.29, 0.717) is 5.92 Å². The normalized spacial score (nSPS) is 22.1. The van der Waals surface area contributed by atoms with Crippen LogP contribution in [0.25, 0.3) is 11.3 Å². The van der Waals surface area contributed by atoms with Crippen LogP contribution in [0.15, 0.2) is 42.6 Å². The molecule has 0 aliphatic heterocycles. The van der Waals surface area contributed by atoms with Crippen LogP contribution in [0.2, 0.25) is 0 Å². The van der Waals surface area contributed by atoms with Crippen molar-refractivity contribution in [2.75, 3.05) is 0 Å². The summed E-state index contributed by atoms with van der Waals surface area (Å²) in [6.07, 6.45) is 9.82. The van der Waals surface area contributed by atoms with E-state index >= 15 is 0 Å². The highest BCUT2D eigenvalue weighted by atomic mass is 14.9. The number of hydrogen-bond donors (Lipinski definition) is 0. The molecular formula is C19H24N2. The smallest absolute Gasteiger partial charge is 0.132 e. The van der Waals surface area contributed by atoms with Crippen LogP contribution in [0.5, 0.6) is 0 Å². The third-order valence-electron chi connectivity index (χ3n) is 4.65. The zero-order chi connectivity index (χ0) is 14.5. The maximum absolute atomic E-state index is 4.83. The van der Waals surface area contributed by atoms with Gasteiger partial charge in [-0.15, -0.1) is 0 Å². The predicted molar refractivity (Wildman–Crippen MR) is 87.1 cm³/mol. The van der Waals surface area contributed by atoms with E-state index in [0.717, 1.165) is 17.4 Å². The van der Waals surface area contributed by atoms with Crippen molar-refractivity contribution in [3.05, 3.63) is 48.4 Å². The largest absolute Gasteiger partial charge is 0.241 e. The number of rotatable bonds is 4. The minimum atomic E-state index is 0.557. The fourth-order valence-electron chi connectivity index (χ4n) is 3.46. The summed E-state index contributed by atoms with van der Waals surface area (Å²) in [6.45, 7) is 2.29. The zero-order valence-corrected chi connectivity index (χ0v) is 12.8. The second-order valence-corrected chi connectivity index (χ2v) is 6.17. The molecule has 1 aromatic carbocycles. The van der Waals surface area contributed by atoms with Crippen LogP contribution >= 0.6 is 0 Å². The highest BCUT2D eigenvalue weighted by Crippen LogP contribution is 2.36. The van der Waals surface area contributed by atoms with Gasteiger partial charge in [0.15, 0.2) is 0 Å². The molecule has 2 aromatic rings.